The largest absolute Gasteiger partial charge is 0.624 e. The van der Waals surface area contributed by atoms with Crippen LogP contribution in [-0.4, -0.2) is 27.6 Å². The minimum absolute atomic E-state index is 0.572. The van der Waals surface area contributed by atoms with Gasteiger partial charge in [0.1, 0.15) is 5.92 Å². The number of rotatable bonds is 1. The second kappa shape index (κ2) is 2.47. The molecule has 0 bridgehead atoms. The molecule has 0 amide bonds. The smallest absolute Gasteiger partial charge is 0.314 e. The molecule has 0 fully saturated rings. The molecule has 1 unspecified atom stereocenters. The summed E-state index contributed by atoms with van der Waals surface area (Å²) >= 11 is 0. The molecule has 0 aliphatic carbocycles. The molecule has 0 aromatic rings. The van der Waals surface area contributed by atoms with Crippen LogP contribution in [0, 0.1) is 16.5 Å². The number of carboxylic acid groups (broad SMARTS) is 1. The Hall–Kier alpha value is -1.06. The SMILES string of the molecule is CC1(C)C=[N+]([O-])C(C)(C)C1C(=O)O. The van der Waals surface area contributed by atoms with Crippen molar-refractivity contribution >= 4 is 12.2 Å². The van der Waals surface area contributed by atoms with Crippen LogP contribution in [0.2, 0.25) is 0 Å². The highest BCUT2D eigenvalue weighted by molar-refractivity contribution is 5.80. The van der Waals surface area contributed by atoms with E-state index in [1.807, 2.05) is 0 Å². The van der Waals surface area contributed by atoms with E-state index in [-0.39, 0.29) is 0 Å². The van der Waals surface area contributed by atoms with Gasteiger partial charge in [0.2, 0.25) is 0 Å². The molecule has 13 heavy (non-hydrogen) atoms. The molecule has 1 heterocycles. The van der Waals surface area contributed by atoms with Crippen LogP contribution in [-0.2, 0) is 4.79 Å². The molecule has 1 N–H and O–H groups in total. The molecular weight excluding hydrogens is 170 g/mol. The van der Waals surface area contributed by atoms with E-state index in [1.165, 1.54) is 6.21 Å². The van der Waals surface area contributed by atoms with Gasteiger partial charge < -0.3 is 10.3 Å². The van der Waals surface area contributed by atoms with Crippen molar-refractivity contribution in [1.29, 1.82) is 0 Å². The van der Waals surface area contributed by atoms with Crippen LogP contribution in [0.1, 0.15) is 27.7 Å². The van der Waals surface area contributed by atoms with E-state index < -0.39 is 22.8 Å². The van der Waals surface area contributed by atoms with Gasteiger partial charge in [-0.25, -0.2) is 4.74 Å². The van der Waals surface area contributed by atoms with Crippen molar-refractivity contribution in [3.63, 3.8) is 0 Å². The Kier molecular flexibility index (Phi) is 1.90. The zero-order chi connectivity index (χ0) is 10.4. The maximum absolute atomic E-state index is 11.4. The Morgan fingerprint density at radius 3 is 2.08 bits per heavy atom. The Morgan fingerprint density at radius 1 is 1.46 bits per heavy atom. The average Bonchev–Trinajstić information content (AvgIpc) is 1.96. The van der Waals surface area contributed by atoms with E-state index in [2.05, 4.69) is 0 Å². The third-order valence-electron chi connectivity index (χ3n) is 2.72. The van der Waals surface area contributed by atoms with Crippen molar-refractivity contribution < 1.29 is 14.6 Å². The molecule has 1 atom stereocenters. The summed E-state index contributed by atoms with van der Waals surface area (Å²) in [5.41, 5.74) is -1.42. The van der Waals surface area contributed by atoms with E-state index in [0.717, 1.165) is 4.74 Å². The molecule has 0 saturated carbocycles. The molecule has 0 aromatic heterocycles. The number of hydrogen-bond acceptors (Lipinski definition) is 2. The topological polar surface area (TPSA) is 63.4 Å². The summed E-state index contributed by atoms with van der Waals surface area (Å²) in [6.45, 7) is 6.85. The molecule has 1 rings (SSSR count). The minimum Gasteiger partial charge on any atom is -0.624 e. The van der Waals surface area contributed by atoms with Gasteiger partial charge in [0.15, 0.2) is 11.8 Å². The second-order valence-corrected chi connectivity index (χ2v) is 4.70. The van der Waals surface area contributed by atoms with Crippen LogP contribution in [0.3, 0.4) is 0 Å². The van der Waals surface area contributed by atoms with E-state index in [1.54, 1.807) is 27.7 Å². The number of hydrogen-bond donors (Lipinski definition) is 1. The van der Waals surface area contributed by atoms with E-state index >= 15 is 0 Å². The van der Waals surface area contributed by atoms with Gasteiger partial charge in [0, 0.05) is 13.8 Å². The summed E-state index contributed by atoms with van der Waals surface area (Å²) in [4.78, 5) is 11.0. The first-order chi connectivity index (χ1) is 5.69. The summed E-state index contributed by atoms with van der Waals surface area (Å²) in [6, 6.07) is 0. The van der Waals surface area contributed by atoms with Gasteiger partial charge in [-0.3, -0.25) is 4.79 Å². The van der Waals surface area contributed by atoms with Gasteiger partial charge in [0.05, 0.1) is 5.41 Å². The van der Waals surface area contributed by atoms with Crippen molar-refractivity contribution in [3.05, 3.63) is 5.21 Å². The highest BCUT2D eigenvalue weighted by Crippen LogP contribution is 2.40. The number of aliphatic carboxylic acids is 1. The van der Waals surface area contributed by atoms with Crippen molar-refractivity contribution in [3.8, 4) is 0 Å². The fourth-order valence-electron chi connectivity index (χ4n) is 2.20. The monoisotopic (exact) mass is 185 g/mol. The Bertz CT molecular complexity index is 279. The number of nitrogens with zero attached hydrogens (tertiary/aromatic N) is 1. The molecule has 0 spiro atoms. The van der Waals surface area contributed by atoms with Gasteiger partial charge >= 0.3 is 5.97 Å². The van der Waals surface area contributed by atoms with E-state index in [0.29, 0.717) is 0 Å². The van der Waals surface area contributed by atoms with Crippen molar-refractivity contribution in [2.75, 3.05) is 0 Å². The van der Waals surface area contributed by atoms with Crippen molar-refractivity contribution in [1.82, 2.24) is 0 Å². The van der Waals surface area contributed by atoms with E-state index in [4.69, 9.17) is 5.11 Å². The quantitative estimate of drug-likeness (QED) is 0.491. The fraction of sp³-hybridized carbons (Fsp3) is 0.778. The molecular formula is C9H15NO3. The van der Waals surface area contributed by atoms with Crippen LogP contribution in [0.4, 0.5) is 0 Å². The van der Waals surface area contributed by atoms with Gasteiger partial charge in [-0.2, -0.15) is 0 Å². The number of carbonyl (C=O) groups is 1. The standard InChI is InChI=1S/C9H15NO3/c1-8(2)5-10(13)9(3,4)6(8)7(11)12/h5-6H,1-4H3,(H,11,12). The molecule has 0 aromatic carbocycles. The van der Waals surface area contributed by atoms with Gasteiger partial charge in [-0.15, -0.1) is 0 Å². The lowest BCUT2D eigenvalue weighted by Crippen LogP contribution is -2.44. The van der Waals surface area contributed by atoms with E-state index in [9.17, 15) is 10.0 Å². The summed E-state index contributed by atoms with van der Waals surface area (Å²) in [5.74, 6) is -1.57. The molecule has 4 heteroatoms. The molecule has 4 nitrogen and oxygen atoms in total. The van der Waals surface area contributed by atoms with Gasteiger partial charge in [-0.05, 0) is 13.8 Å². The van der Waals surface area contributed by atoms with Gasteiger partial charge in [-0.1, -0.05) is 0 Å². The van der Waals surface area contributed by atoms with Crippen LogP contribution < -0.4 is 0 Å². The Labute approximate surface area is 77.5 Å². The van der Waals surface area contributed by atoms with Crippen molar-refractivity contribution in [2.24, 2.45) is 11.3 Å². The molecule has 0 radical (unpaired) electrons. The predicted octanol–water partition coefficient (Wildman–Crippen LogP) is 1.09. The maximum Gasteiger partial charge on any atom is 0.314 e. The number of hydroxylamine groups is 1. The normalized spacial score (nSPS) is 29.8. The highest BCUT2D eigenvalue weighted by atomic mass is 16.5. The fourth-order valence-corrected chi connectivity index (χ4v) is 2.20. The molecule has 74 valence electrons. The first-order valence-electron chi connectivity index (χ1n) is 4.25. The highest BCUT2D eigenvalue weighted by Gasteiger charge is 2.57. The third-order valence-corrected chi connectivity index (χ3v) is 2.72. The average molecular weight is 185 g/mol. The maximum atomic E-state index is 11.4. The van der Waals surface area contributed by atoms with Crippen LogP contribution in [0.5, 0.6) is 0 Å². The second-order valence-electron chi connectivity index (χ2n) is 4.70. The Morgan fingerprint density at radius 2 is 1.92 bits per heavy atom. The summed E-state index contributed by atoms with van der Waals surface area (Å²) in [7, 11) is 0. The minimum atomic E-state index is -0.912. The molecule has 1 aliphatic rings. The molecule has 0 saturated heterocycles. The number of carboxylic acids is 1. The lowest BCUT2D eigenvalue weighted by atomic mass is 9.73. The summed E-state index contributed by atoms with van der Waals surface area (Å²) < 4.78 is 0.756. The molecule has 1 aliphatic heterocycles. The zero-order valence-corrected chi connectivity index (χ0v) is 8.37. The first-order valence-corrected chi connectivity index (χ1v) is 4.25. The Balaban J connectivity index is 3.16. The van der Waals surface area contributed by atoms with Crippen LogP contribution in [0.25, 0.3) is 0 Å². The lowest BCUT2D eigenvalue weighted by molar-refractivity contribution is -0.533. The third kappa shape index (κ3) is 1.30. The van der Waals surface area contributed by atoms with Crippen LogP contribution in [0.15, 0.2) is 0 Å². The van der Waals surface area contributed by atoms with Gasteiger partial charge in [0.25, 0.3) is 0 Å². The summed E-state index contributed by atoms with van der Waals surface area (Å²) in [5, 5.41) is 20.4. The lowest BCUT2D eigenvalue weighted by Gasteiger charge is -2.27. The van der Waals surface area contributed by atoms with Crippen LogP contribution >= 0.6 is 0 Å². The zero-order valence-electron chi connectivity index (χ0n) is 8.37. The predicted molar refractivity (Wildman–Crippen MR) is 48.7 cm³/mol. The van der Waals surface area contributed by atoms with Crippen molar-refractivity contribution in [2.45, 2.75) is 33.2 Å². The first kappa shape index (κ1) is 10.0. The summed E-state index contributed by atoms with van der Waals surface area (Å²) in [6.07, 6.45) is 1.45.